The molecule has 0 aliphatic heterocycles. The summed E-state index contributed by atoms with van der Waals surface area (Å²) in [5.74, 6) is 0.802. The third kappa shape index (κ3) is 5.82. The number of hydrogen-bond acceptors (Lipinski definition) is 5. The lowest BCUT2D eigenvalue weighted by atomic mass is 10.1. The van der Waals surface area contributed by atoms with Crippen molar-refractivity contribution in [2.24, 2.45) is 0 Å². The number of rotatable bonds is 8. The molecule has 2 rings (SSSR count). The van der Waals surface area contributed by atoms with Gasteiger partial charge in [-0.1, -0.05) is 23.4 Å². The van der Waals surface area contributed by atoms with Gasteiger partial charge in [0.25, 0.3) is 0 Å². The molecule has 5 nitrogen and oxygen atoms in total. The molecule has 1 heterocycles. The van der Waals surface area contributed by atoms with Crippen molar-refractivity contribution in [3.05, 3.63) is 47.1 Å². The van der Waals surface area contributed by atoms with Crippen molar-refractivity contribution in [3.63, 3.8) is 0 Å². The van der Waals surface area contributed by atoms with Crippen molar-refractivity contribution in [3.8, 4) is 0 Å². The van der Waals surface area contributed by atoms with Crippen LogP contribution in [0.2, 0.25) is 0 Å². The van der Waals surface area contributed by atoms with Gasteiger partial charge in [0.1, 0.15) is 0 Å². The first-order valence-corrected chi connectivity index (χ1v) is 8.00. The van der Waals surface area contributed by atoms with Crippen molar-refractivity contribution >= 4 is 0 Å². The lowest BCUT2D eigenvalue weighted by Crippen LogP contribution is -2.33. The maximum atomic E-state index is 12.8. The molecule has 0 spiro atoms. The van der Waals surface area contributed by atoms with Gasteiger partial charge in [0.15, 0.2) is 5.82 Å². The molecule has 0 N–H and O–H groups in total. The van der Waals surface area contributed by atoms with Gasteiger partial charge >= 0.3 is 6.18 Å². The smallest absolute Gasteiger partial charge is 0.383 e. The topological polar surface area (TPSA) is 51.4 Å². The minimum absolute atomic E-state index is 0.188. The number of aromatic nitrogens is 2. The molecule has 0 aliphatic rings. The number of halogens is 3. The van der Waals surface area contributed by atoms with Gasteiger partial charge in [-0.15, -0.1) is 0 Å². The van der Waals surface area contributed by atoms with E-state index < -0.39 is 11.7 Å². The minimum Gasteiger partial charge on any atom is -0.383 e. The number of nitrogens with zero attached hydrogens (tertiary/aromatic N) is 3. The van der Waals surface area contributed by atoms with Crippen molar-refractivity contribution in [2.45, 2.75) is 39.0 Å². The molecule has 1 aromatic heterocycles. The molecule has 25 heavy (non-hydrogen) atoms. The Hall–Kier alpha value is -1.93. The summed E-state index contributed by atoms with van der Waals surface area (Å²) >= 11 is 0. The van der Waals surface area contributed by atoms with E-state index in [1.54, 1.807) is 13.2 Å². The van der Waals surface area contributed by atoms with E-state index in [0.717, 1.165) is 18.7 Å². The van der Waals surface area contributed by atoms with E-state index in [2.05, 4.69) is 28.9 Å². The molecule has 0 aliphatic carbocycles. The average molecular weight is 357 g/mol. The molecule has 8 heteroatoms. The molecular formula is C17H22F3N3O2. The zero-order chi connectivity index (χ0) is 18.4. The van der Waals surface area contributed by atoms with Gasteiger partial charge in [-0.2, -0.15) is 18.2 Å². The first-order chi connectivity index (χ1) is 11.8. The highest BCUT2D eigenvalue weighted by atomic mass is 19.4. The van der Waals surface area contributed by atoms with Crippen LogP contribution in [0, 0.1) is 0 Å². The standard InChI is InChI=1S/C17H22F3N3O2/c1-12(2)23(7-8-24-3)11-16-21-15(22-25-16)10-13-5-4-6-14(9-13)17(18,19)20/h4-6,9,12H,7-8,10-11H2,1-3H3. The zero-order valence-corrected chi connectivity index (χ0v) is 14.5. The van der Waals surface area contributed by atoms with Crippen molar-refractivity contribution in [2.75, 3.05) is 20.3 Å². The average Bonchev–Trinajstić information content (AvgIpc) is 2.97. The van der Waals surface area contributed by atoms with Gasteiger partial charge in [-0.25, -0.2) is 0 Å². The summed E-state index contributed by atoms with van der Waals surface area (Å²) in [5.41, 5.74) is -0.193. The molecule has 0 fully saturated rings. The third-order valence-corrected chi connectivity index (χ3v) is 3.78. The second-order valence-electron chi connectivity index (χ2n) is 6.04. The molecule has 0 radical (unpaired) electrons. The van der Waals surface area contributed by atoms with E-state index in [1.165, 1.54) is 6.07 Å². The molecule has 0 saturated heterocycles. The summed E-state index contributed by atoms with van der Waals surface area (Å²) in [6, 6.07) is 5.42. The molecule has 0 unspecified atom stereocenters. The summed E-state index contributed by atoms with van der Waals surface area (Å²) in [6.45, 7) is 5.88. The minimum atomic E-state index is -4.36. The van der Waals surface area contributed by atoms with E-state index in [0.29, 0.717) is 30.4 Å². The Kier molecular flexibility index (Phi) is 6.55. The first-order valence-electron chi connectivity index (χ1n) is 8.00. The largest absolute Gasteiger partial charge is 0.416 e. The molecular weight excluding hydrogens is 335 g/mol. The van der Waals surface area contributed by atoms with Crippen LogP contribution in [0.5, 0.6) is 0 Å². The summed E-state index contributed by atoms with van der Waals surface area (Å²) in [5, 5.41) is 3.87. The van der Waals surface area contributed by atoms with Gasteiger partial charge in [-0.3, -0.25) is 4.90 Å². The number of alkyl halides is 3. The second kappa shape index (κ2) is 8.44. The monoisotopic (exact) mass is 357 g/mol. The lowest BCUT2D eigenvalue weighted by molar-refractivity contribution is -0.137. The summed E-state index contributed by atoms with van der Waals surface area (Å²) < 4.78 is 48.6. The van der Waals surface area contributed by atoms with Crippen molar-refractivity contribution in [1.29, 1.82) is 0 Å². The SMILES string of the molecule is COCCN(Cc1nc(Cc2cccc(C(F)(F)F)c2)no1)C(C)C. The van der Waals surface area contributed by atoms with Crippen LogP contribution in [0.25, 0.3) is 0 Å². The van der Waals surface area contributed by atoms with Crippen LogP contribution in [0.15, 0.2) is 28.8 Å². The molecule has 138 valence electrons. The van der Waals surface area contributed by atoms with Gasteiger partial charge in [0, 0.05) is 26.1 Å². The van der Waals surface area contributed by atoms with E-state index in [9.17, 15) is 13.2 Å². The normalized spacial score (nSPS) is 12.3. The van der Waals surface area contributed by atoms with Crippen LogP contribution in [-0.4, -0.2) is 41.3 Å². The van der Waals surface area contributed by atoms with Crippen LogP contribution in [0.3, 0.4) is 0 Å². The van der Waals surface area contributed by atoms with E-state index in [-0.39, 0.29) is 12.5 Å². The van der Waals surface area contributed by atoms with Crippen LogP contribution in [0.1, 0.15) is 36.7 Å². The molecule has 0 saturated carbocycles. The van der Waals surface area contributed by atoms with Gasteiger partial charge in [0.05, 0.1) is 18.7 Å². The maximum absolute atomic E-state index is 12.8. The first kappa shape index (κ1) is 19.4. The quantitative estimate of drug-likeness (QED) is 0.723. The van der Waals surface area contributed by atoms with Gasteiger partial charge in [-0.05, 0) is 25.5 Å². The Bertz CT molecular complexity index is 671. The molecule has 0 amide bonds. The van der Waals surface area contributed by atoms with Crippen LogP contribution in [0.4, 0.5) is 13.2 Å². The Balaban J connectivity index is 2.04. The third-order valence-electron chi connectivity index (χ3n) is 3.78. The van der Waals surface area contributed by atoms with Crippen LogP contribution < -0.4 is 0 Å². The van der Waals surface area contributed by atoms with E-state index >= 15 is 0 Å². The number of benzene rings is 1. The zero-order valence-electron chi connectivity index (χ0n) is 14.5. The number of methoxy groups -OCH3 is 1. The fourth-order valence-electron chi connectivity index (χ4n) is 2.37. The summed E-state index contributed by atoms with van der Waals surface area (Å²) in [7, 11) is 1.64. The molecule has 1 aromatic carbocycles. The van der Waals surface area contributed by atoms with Gasteiger partial charge < -0.3 is 9.26 Å². The Morgan fingerprint density at radius 1 is 1.28 bits per heavy atom. The Morgan fingerprint density at radius 3 is 2.68 bits per heavy atom. The van der Waals surface area contributed by atoms with E-state index in [1.807, 2.05) is 0 Å². The number of ether oxygens (including phenoxy) is 1. The van der Waals surface area contributed by atoms with E-state index in [4.69, 9.17) is 9.26 Å². The molecule has 0 bridgehead atoms. The fraction of sp³-hybridized carbons (Fsp3) is 0.529. The van der Waals surface area contributed by atoms with Crippen LogP contribution >= 0.6 is 0 Å². The fourth-order valence-corrected chi connectivity index (χ4v) is 2.37. The Labute approximate surface area is 144 Å². The molecule has 2 aromatic rings. The van der Waals surface area contributed by atoms with Crippen molar-refractivity contribution in [1.82, 2.24) is 15.0 Å². The predicted molar refractivity (Wildman–Crippen MR) is 86.0 cm³/mol. The highest BCUT2D eigenvalue weighted by Crippen LogP contribution is 2.29. The maximum Gasteiger partial charge on any atom is 0.416 e. The molecule has 0 atom stereocenters. The summed E-state index contributed by atoms with van der Waals surface area (Å²) in [4.78, 5) is 6.40. The van der Waals surface area contributed by atoms with Gasteiger partial charge in [0.2, 0.25) is 5.89 Å². The summed E-state index contributed by atoms with van der Waals surface area (Å²) in [6.07, 6.45) is -4.18. The number of hydrogen-bond donors (Lipinski definition) is 0. The second-order valence-corrected chi connectivity index (χ2v) is 6.04. The predicted octanol–water partition coefficient (Wildman–Crippen LogP) is 3.54. The van der Waals surface area contributed by atoms with Crippen LogP contribution in [-0.2, 0) is 23.9 Å². The highest BCUT2D eigenvalue weighted by Gasteiger charge is 2.30. The highest BCUT2D eigenvalue weighted by molar-refractivity contribution is 5.27. The lowest BCUT2D eigenvalue weighted by Gasteiger charge is -2.24. The Morgan fingerprint density at radius 2 is 2.04 bits per heavy atom. The van der Waals surface area contributed by atoms with Crippen molar-refractivity contribution < 1.29 is 22.4 Å².